The van der Waals surface area contributed by atoms with Gasteiger partial charge in [0.2, 0.25) is 5.91 Å². The lowest BCUT2D eigenvalue weighted by atomic mass is 9.99. The van der Waals surface area contributed by atoms with Crippen LogP contribution in [0.2, 0.25) is 0 Å². The fourth-order valence-corrected chi connectivity index (χ4v) is 9.51. The third-order valence-corrected chi connectivity index (χ3v) is 12.7. The molecule has 10 rings (SSSR count). The van der Waals surface area contributed by atoms with Crippen LogP contribution in [0.25, 0.3) is 44.2 Å². The number of ether oxygens (including phenoxy) is 1. The molecule has 12 heteroatoms. The quantitative estimate of drug-likeness (QED) is 0.120. The zero-order chi connectivity index (χ0) is 39.1. The Balaban J connectivity index is 0.874. The minimum absolute atomic E-state index is 0.0633. The third kappa shape index (κ3) is 6.26. The highest BCUT2D eigenvalue weighted by molar-refractivity contribution is 6.05. The lowest BCUT2D eigenvalue weighted by Crippen LogP contribution is -2.52. The van der Waals surface area contributed by atoms with E-state index < -0.39 is 12.1 Å². The molecule has 6 aromatic rings. The number of hydrogen-bond acceptors (Lipinski definition) is 7. The normalized spacial score (nSPS) is 24.1. The molecule has 0 radical (unpaired) electrons. The van der Waals surface area contributed by atoms with Gasteiger partial charge in [-0.1, -0.05) is 68.4 Å². The number of H-pyrrole nitrogens is 2. The topological polar surface area (TPSA) is 136 Å². The summed E-state index contributed by atoms with van der Waals surface area (Å²) in [6.07, 6.45) is 4.79. The van der Waals surface area contributed by atoms with Crippen LogP contribution in [0.4, 0.5) is 9.18 Å². The van der Waals surface area contributed by atoms with Gasteiger partial charge in [-0.05, 0) is 84.2 Å². The summed E-state index contributed by atoms with van der Waals surface area (Å²) < 4.78 is 20.7. The van der Waals surface area contributed by atoms with Crippen molar-refractivity contribution in [2.75, 3.05) is 13.7 Å². The van der Waals surface area contributed by atoms with Crippen molar-refractivity contribution >= 4 is 39.6 Å². The van der Waals surface area contributed by atoms with Crippen molar-refractivity contribution in [1.82, 2.24) is 35.1 Å². The summed E-state index contributed by atoms with van der Waals surface area (Å²) in [5.74, 6) is 1.94. The highest BCUT2D eigenvalue weighted by Crippen LogP contribution is 2.54. The first-order valence-electron chi connectivity index (χ1n) is 19.9. The second-order valence-corrected chi connectivity index (χ2v) is 16.6. The van der Waals surface area contributed by atoms with Gasteiger partial charge in [-0.3, -0.25) is 14.5 Å². The molecule has 290 valence electrons. The molecule has 2 aliphatic heterocycles. The van der Waals surface area contributed by atoms with Gasteiger partial charge >= 0.3 is 6.09 Å². The molecule has 4 aromatic carbocycles. The predicted molar refractivity (Wildman–Crippen MR) is 214 cm³/mol. The van der Waals surface area contributed by atoms with Crippen molar-refractivity contribution in [2.24, 2.45) is 17.8 Å². The monoisotopic (exact) mass is 765 g/mol. The number of ketones is 1. The summed E-state index contributed by atoms with van der Waals surface area (Å²) in [6, 6.07) is 24.5. The van der Waals surface area contributed by atoms with E-state index in [2.05, 4.69) is 43.4 Å². The van der Waals surface area contributed by atoms with Gasteiger partial charge in [0.15, 0.2) is 5.78 Å². The molecule has 2 saturated heterocycles. The van der Waals surface area contributed by atoms with Crippen LogP contribution in [-0.4, -0.2) is 79.3 Å². The Labute approximate surface area is 329 Å². The number of halogens is 1. The second-order valence-electron chi connectivity index (χ2n) is 16.6. The summed E-state index contributed by atoms with van der Waals surface area (Å²) in [5.41, 5.74) is 5.13. The van der Waals surface area contributed by atoms with Crippen molar-refractivity contribution in [1.29, 1.82) is 0 Å². The lowest BCUT2D eigenvalue weighted by Gasteiger charge is -2.31. The van der Waals surface area contributed by atoms with E-state index in [0.717, 1.165) is 70.0 Å². The maximum absolute atomic E-state index is 15.9. The van der Waals surface area contributed by atoms with E-state index in [1.807, 2.05) is 67.3 Å². The maximum atomic E-state index is 15.9. The van der Waals surface area contributed by atoms with Gasteiger partial charge in [0, 0.05) is 28.6 Å². The van der Waals surface area contributed by atoms with Crippen LogP contribution in [0.15, 0.2) is 85.1 Å². The Hall–Kier alpha value is -5.88. The number of fused-ring (bicyclic) bond motifs is 5. The number of alkyl carbamates (subject to hydrolysis) is 1. The number of hydrogen-bond donors (Lipinski definition) is 3. The standard InChI is InChI=1S/C45H44FN7O4/c1-23(2)40(51-45(56)57-3)44(55)53-36-18-29(36)20-38(53)42-47-21-34(49-42)31-13-10-26(16-32(31)46)25-9-12-30-27(15-25)11-14-33-41(30)50-43(48-33)37-19-28-17-35(28)52(37)22-39(54)24-7-5-4-6-8-24/h4-16,21,23,28-29,35-38,40H,17-20,22H2,1-3H3,(H,47,49)(H,48,50)(H,51,56)/t28-,29-,35-,36-,37+,38+,40+/m1/s1. The minimum Gasteiger partial charge on any atom is -0.453 e. The summed E-state index contributed by atoms with van der Waals surface area (Å²) >= 11 is 0. The Morgan fingerprint density at radius 1 is 0.877 bits per heavy atom. The molecule has 3 N–H and O–H groups in total. The highest BCUT2D eigenvalue weighted by Gasteiger charge is 2.56. The molecule has 7 atom stereocenters. The van der Waals surface area contributed by atoms with E-state index >= 15 is 4.39 Å². The van der Waals surface area contributed by atoms with Gasteiger partial charge < -0.3 is 24.9 Å². The summed E-state index contributed by atoms with van der Waals surface area (Å²) in [6.45, 7) is 4.16. The number of Topliss-reactive ketones (excluding diaryl/α,β-unsaturated/α-hetero) is 1. The van der Waals surface area contributed by atoms with E-state index in [1.54, 1.807) is 18.3 Å². The van der Waals surface area contributed by atoms with Crippen LogP contribution in [0.5, 0.6) is 0 Å². The Bertz CT molecular complexity index is 2570. The van der Waals surface area contributed by atoms with Crippen LogP contribution in [0.3, 0.4) is 0 Å². The lowest BCUT2D eigenvalue weighted by molar-refractivity contribution is -0.136. The molecular weight excluding hydrogens is 722 g/mol. The van der Waals surface area contributed by atoms with E-state index in [0.29, 0.717) is 41.5 Å². The van der Waals surface area contributed by atoms with E-state index in [9.17, 15) is 14.4 Å². The number of carbonyl (C=O) groups excluding carboxylic acids is 3. The molecule has 4 fully saturated rings. The van der Waals surface area contributed by atoms with E-state index in [1.165, 1.54) is 7.11 Å². The molecule has 2 aliphatic carbocycles. The zero-order valence-electron chi connectivity index (χ0n) is 32.0. The summed E-state index contributed by atoms with van der Waals surface area (Å²) in [5, 5.41) is 4.71. The van der Waals surface area contributed by atoms with Gasteiger partial charge in [-0.25, -0.2) is 19.2 Å². The van der Waals surface area contributed by atoms with Crippen LogP contribution in [-0.2, 0) is 9.53 Å². The smallest absolute Gasteiger partial charge is 0.407 e. The fourth-order valence-electron chi connectivity index (χ4n) is 9.51. The first-order chi connectivity index (χ1) is 27.6. The molecule has 57 heavy (non-hydrogen) atoms. The number of nitrogens with one attached hydrogen (secondary N) is 3. The van der Waals surface area contributed by atoms with Crippen molar-refractivity contribution in [3.05, 3.63) is 108 Å². The van der Waals surface area contributed by atoms with Crippen molar-refractivity contribution in [3.63, 3.8) is 0 Å². The molecule has 2 amide bonds. The molecule has 0 unspecified atom stereocenters. The molecule has 2 aromatic heterocycles. The number of amides is 2. The summed E-state index contributed by atoms with van der Waals surface area (Å²) in [4.78, 5) is 59.9. The first-order valence-corrected chi connectivity index (χ1v) is 19.9. The van der Waals surface area contributed by atoms with Crippen molar-refractivity contribution < 1.29 is 23.5 Å². The van der Waals surface area contributed by atoms with Gasteiger partial charge in [-0.2, -0.15) is 0 Å². The molecule has 2 saturated carbocycles. The zero-order valence-corrected chi connectivity index (χ0v) is 32.0. The first kappa shape index (κ1) is 35.5. The van der Waals surface area contributed by atoms with Crippen LogP contribution in [0.1, 0.15) is 73.6 Å². The molecule has 4 aliphatic rings. The maximum Gasteiger partial charge on any atom is 0.407 e. The number of carbonyl (C=O) groups is 3. The van der Waals surface area contributed by atoms with Gasteiger partial charge in [0.05, 0.1) is 48.7 Å². The molecule has 0 spiro atoms. The largest absolute Gasteiger partial charge is 0.453 e. The van der Waals surface area contributed by atoms with Crippen LogP contribution < -0.4 is 5.32 Å². The van der Waals surface area contributed by atoms with Gasteiger partial charge in [-0.15, -0.1) is 0 Å². The minimum atomic E-state index is -0.728. The Kier molecular flexibility index (Phi) is 8.51. The number of likely N-dealkylation sites (tertiary alicyclic amines) is 2. The predicted octanol–water partition coefficient (Wildman–Crippen LogP) is 7.97. The number of methoxy groups -OCH3 is 1. The molecule has 0 bridgehead atoms. The summed E-state index contributed by atoms with van der Waals surface area (Å²) in [7, 11) is 1.28. The Morgan fingerprint density at radius 3 is 2.42 bits per heavy atom. The van der Waals surface area contributed by atoms with Crippen LogP contribution >= 0.6 is 0 Å². The number of rotatable bonds is 10. The fraction of sp³-hybridized carbons (Fsp3) is 0.356. The second kappa shape index (κ2) is 13.7. The number of benzene rings is 4. The van der Waals surface area contributed by atoms with Crippen molar-refractivity contribution in [2.45, 2.75) is 69.7 Å². The third-order valence-electron chi connectivity index (χ3n) is 12.7. The number of aromatic nitrogens is 4. The number of nitrogens with zero attached hydrogens (tertiary/aromatic N) is 4. The average molecular weight is 766 g/mol. The SMILES string of the molecule is COC(=O)N[C@H](C(=O)N1[C@@H]2C[C@@H]2C[C@H]1c1ncc(-c2ccc(-c3ccc4c(ccc5[nH]c([C@@H]6C[C@H]7C[C@H]7N6CC(=O)c6ccccc6)nc54)c3)cc2F)[nH]1)C(C)C. The number of piperidine rings is 2. The average Bonchev–Trinajstić information content (AvgIpc) is 3.86. The molecule has 11 nitrogen and oxygen atoms in total. The van der Waals surface area contributed by atoms with Crippen LogP contribution in [0, 0.1) is 23.6 Å². The molecular formula is C45H44FN7O4. The van der Waals surface area contributed by atoms with Crippen molar-refractivity contribution in [3.8, 4) is 22.4 Å². The number of aromatic amines is 2. The molecule has 4 heterocycles. The highest BCUT2D eigenvalue weighted by atomic mass is 19.1. The van der Waals surface area contributed by atoms with Gasteiger partial charge in [0.1, 0.15) is 23.5 Å². The van der Waals surface area contributed by atoms with E-state index in [4.69, 9.17) is 9.72 Å². The van der Waals surface area contributed by atoms with E-state index in [-0.39, 0.29) is 41.6 Å². The number of imidazole rings is 2. The Morgan fingerprint density at radius 2 is 1.63 bits per heavy atom. The van der Waals surface area contributed by atoms with Gasteiger partial charge in [0.25, 0.3) is 0 Å².